The minimum Gasteiger partial charge on any atom is -0.348 e. The molecule has 4 nitrogen and oxygen atoms in total. The molecule has 1 fully saturated rings. The van der Waals surface area contributed by atoms with E-state index in [9.17, 15) is 4.79 Å². The fourth-order valence-electron chi connectivity index (χ4n) is 1.29. The van der Waals surface area contributed by atoms with E-state index < -0.39 is 0 Å². The highest BCUT2D eigenvalue weighted by Crippen LogP contribution is 2.22. The molecule has 1 amide bonds. The molecule has 1 heterocycles. The molecule has 5 heteroatoms. The number of amides is 1. The zero-order chi connectivity index (χ0) is 11.5. The van der Waals surface area contributed by atoms with Crippen LogP contribution in [0.15, 0.2) is 12.3 Å². The highest BCUT2D eigenvalue weighted by molar-refractivity contribution is 7.98. The number of thioether (sulfide) groups is 1. The molecule has 1 aromatic rings. The smallest absolute Gasteiger partial charge is 0.270 e. The maximum absolute atomic E-state index is 11.8. The number of carbonyl (C=O) groups is 1. The van der Waals surface area contributed by atoms with Crippen LogP contribution in [0, 0.1) is 0 Å². The maximum atomic E-state index is 11.8. The van der Waals surface area contributed by atoms with Gasteiger partial charge in [-0.25, -0.2) is 9.97 Å². The van der Waals surface area contributed by atoms with Crippen molar-refractivity contribution in [1.82, 2.24) is 15.3 Å². The van der Waals surface area contributed by atoms with Gasteiger partial charge in [-0.2, -0.15) is 11.8 Å². The number of rotatable bonds is 4. The summed E-state index contributed by atoms with van der Waals surface area (Å²) in [6.45, 7) is 2.03. The second kappa shape index (κ2) is 4.82. The quantitative estimate of drug-likeness (QED) is 0.867. The molecule has 0 bridgehead atoms. The summed E-state index contributed by atoms with van der Waals surface area (Å²) >= 11 is 1.67. The minimum atomic E-state index is -0.0838. The Kier molecular flexibility index (Phi) is 3.43. The van der Waals surface area contributed by atoms with Gasteiger partial charge in [-0.05, 0) is 32.1 Å². The number of nitrogens with zero attached hydrogens (tertiary/aromatic N) is 2. The van der Waals surface area contributed by atoms with Crippen LogP contribution in [-0.4, -0.2) is 28.2 Å². The molecule has 86 valence electrons. The molecule has 1 saturated carbocycles. The third-order valence-electron chi connectivity index (χ3n) is 2.54. The third kappa shape index (κ3) is 2.72. The molecule has 1 unspecified atom stereocenters. The molecule has 0 aliphatic heterocycles. The molecule has 1 aromatic heterocycles. The second-order valence-corrected chi connectivity index (χ2v) is 5.10. The van der Waals surface area contributed by atoms with Gasteiger partial charge in [0.05, 0.1) is 5.25 Å². The lowest BCUT2D eigenvalue weighted by atomic mass is 10.3. The Hall–Kier alpha value is -1.10. The van der Waals surface area contributed by atoms with Gasteiger partial charge in [-0.3, -0.25) is 4.79 Å². The highest BCUT2D eigenvalue weighted by Gasteiger charge is 2.24. The average molecular weight is 237 g/mol. The van der Waals surface area contributed by atoms with E-state index in [4.69, 9.17) is 0 Å². The van der Waals surface area contributed by atoms with Crippen molar-refractivity contribution in [3.8, 4) is 0 Å². The fraction of sp³-hybridized carbons (Fsp3) is 0.545. The van der Waals surface area contributed by atoms with Gasteiger partial charge < -0.3 is 5.32 Å². The predicted molar refractivity (Wildman–Crippen MR) is 64.5 cm³/mol. The first-order valence-corrected chi connectivity index (χ1v) is 6.66. The van der Waals surface area contributed by atoms with Crippen molar-refractivity contribution in [1.29, 1.82) is 0 Å². The lowest BCUT2D eigenvalue weighted by Gasteiger charge is -2.08. The van der Waals surface area contributed by atoms with Crippen molar-refractivity contribution < 1.29 is 4.79 Å². The van der Waals surface area contributed by atoms with Gasteiger partial charge in [0.2, 0.25) is 0 Å². The number of hydrogen-bond donors (Lipinski definition) is 1. The summed E-state index contributed by atoms with van der Waals surface area (Å²) in [4.78, 5) is 20.2. The van der Waals surface area contributed by atoms with Crippen LogP contribution < -0.4 is 5.32 Å². The van der Waals surface area contributed by atoms with Crippen molar-refractivity contribution in [2.45, 2.75) is 31.1 Å². The van der Waals surface area contributed by atoms with Crippen LogP contribution in [0.1, 0.15) is 41.3 Å². The summed E-state index contributed by atoms with van der Waals surface area (Å²) in [5.41, 5.74) is 0.470. The molecule has 0 spiro atoms. The van der Waals surface area contributed by atoms with E-state index in [2.05, 4.69) is 15.3 Å². The van der Waals surface area contributed by atoms with Crippen molar-refractivity contribution >= 4 is 17.7 Å². The summed E-state index contributed by atoms with van der Waals surface area (Å²) in [5.74, 6) is 0.635. The Morgan fingerprint density at radius 3 is 3.00 bits per heavy atom. The second-order valence-electron chi connectivity index (χ2n) is 3.93. The molecular formula is C11H15N3OS. The van der Waals surface area contributed by atoms with Crippen LogP contribution in [0.2, 0.25) is 0 Å². The Morgan fingerprint density at radius 2 is 2.38 bits per heavy atom. The summed E-state index contributed by atoms with van der Waals surface area (Å²) < 4.78 is 0. The van der Waals surface area contributed by atoms with Gasteiger partial charge in [-0.15, -0.1) is 0 Å². The van der Waals surface area contributed by atoms with Crippen molar-refractivity contribution in [3.63, 3.8) is 0 Å². The van der Waals surface area contributed by atoms with Crippen LogP contribution in [0.25, 0.3) is 0 Å². The van der Waals surface area contributed by atoms with E-state index >= 15 is 0 Å². The van der Waals surface area contributed by atoms with Crippen molar-refractivity contribution in [2.24, 2.45) is 0 Å². The topological polar surface area (TPSA) is 54.9 Å². The van der Waals surface area contributed by atoms with Crippen LogP contribution in [0.5, 0.6) is 0 Å². The van der Waals surface area contributed by atoms with Gasteiger partial charge >= 0.3 is 0 Å². The molecule has 16 heavy (non-hydrogen) atoms. The molecule has 0 aromatic carbocycles. The Balaban J connectivity index is 2.10. The van der Waals surface area contributed by atoms with E-state index in [0.29, 0.717) is 11.7 Å². The van der Waals surface area contributed by atoms with Crippen molar-refractivity contribution in [3.05, 3.63) is 23.8 Å². The Labute approximate surface area is 99.3 Å². The lowest BCUT2D eigenvalue weighted by Crippen LogP contribution is -2.26. The first-order valence-electron chi connectivity index (χ1n) is 5.37. The van der Waals surface area contributed by atoms with Gasteiger partial charge in [0.25, 0.3) is 5.91 Å². The van der Waals surface area contributed by atoms with Crippen LogP contribution in [-0.2, 0) is 0 Å². The highest BCUT2D eigenvalue weighted by atomic mass is 32.2. The minimum absolute atomic E-state index is 0.0838. The Morgan fingerprint density at radius 1 is 1.62 bits per heavy atom. The first kappa shape index (κ1) is 11.4. The first-order chi connectivity index (χ1) is 7.70. The van der Waals surface area contributed by atoms with Crippen LogP contribution in [0.4, 0.5) is 0 Å². The van der Waals surface area contributed by atoms with Gasteiger partial charge in [0.15, 0.2) is 0 Å². The SMILES string of the molecule is CSC(C)c1nccc(C(=O)NC2CC2)n1. The van der Waals surface area contributed by atoms with E-state index in [-0.39, 0.29) is 11.2 Å². The average Bonchev–Trinajstić information content (AvgIpc) is 3.12. The summed E-state index contributed by atoms with van der Waals surface area (Å²) in [6.07, 6.45) is 5.83. The summed E-state index contributed by atoms with van der Waals surface area (Å²) in [6, 6.07) is 2.03. The number of carbonyl (C=O) groups excluding carboxylic acids is 1. The molecular weight excluding hydrogens is 222 g/mol. The standard InChI is InChI=1S/C11H15N3OS/c1-7(16-2)10-12-6-5-9(14-10)11(15)13-8-3-4-8/h5-8H,3-4H2,1-2H3,(H,13,15). The number of hydrogen-bond acceptors (Lipinski definition) is 4. The van der Waals surface area contributed by atoms with Gasteiger partial charge in [0, 0.05) is 12.2 Å². The molecule has 2 rings (SSSR count). The molecule has 1 aliphatic rings. The summed E-state index contributed by atoms with van der Waals surface area (Å²) in [7, 11) is 0. The van der Waals surface area contributed by atoms with Gasteiger partial charge in [0.1, 0.15) is 11.5 Å². The zero-order valence-corrected chi connectivity index (χ0v) is 10.3. The number of nitrogens with one attached hydrogen (secondary N) is 1. The van der Waals surface area contributed by atoms with E-state index in [1.165, 1.54) is 0 Å². The molecule has 1 aliphatic carbocycles. The van der Waals surface area contributed by atoms with E-state index in [1.807, 2.05) is 13.2 Å². The third-order valence-corrected chi connectivity index (χ3v) is 3.45. The maximum Gasteiger partial charge on any atom is 0.270 e. The monoisotopic (exact) mass is 237 g/mol. The number of aromatic nitrogens is 2. The van der Waals surface area contributed by atoms with E-state index in [1.54, 1.807) is 24.0 Å². The van der Waals surface area contributed by atoms with Crippen LogP contribution >= 0.6 is 11.8 Å². The molecule has 1 N–H and O–H groups in total. The van der Waals surface area contributed by atoms with Gasteiger partial charge in [-0.1, -0.05) is 0 Å². The predicted octanol–water partition coefficient (Wildman–Crippen LogP) is 1.79. The zero-order valence-electron chi connectivity index (χ0n) is 9.43. The van der Waals surface area contributed by atoms with E-state index in [0.717, 1.165) is 18.7 Å². The Bertz CT molecular complexity index is 393. The summed E-state index contributed by atoms with van der Waals surface area (Å²) in [5, 5.41) is 3.13. The molecule has 0 radical (unpaired) electrons. The normalized spacial score (nSPS) is 16.9. The largest absolute Gasteiger partial charge is 0.348 e. The lowest BCUT2D eigenvalue weighted by molar-refractivity contribution is 0.0945. The van der Waals surface area contributed by atoms with Crippen LogP contribution in [0.3, 0.4) is 0 Å². The van der Waals surface area contributed by atoms with Crippen molar-refractivity contribution in [2.75, 3.05) is 6.26 Å². The molecule has 0 saturated heterocycles. The molecule has 1 atom stereocenters. The fourth-order valence-corrected chi connectivity index (χ4v) is 1.61.